The van der Waals surface area contributed by atoms with E-state index in [1.165, 1.54) is 16.4 Å². The van der Waals surface area contributed by atoms with E-state index in [1.807, 2.05) is 13.0 Å². The number of hydrogen-bond acceptors (Lipinski definition) is 5. The fourth-order valence-electron chi connectivity index (χ4n) is 1.38. The summed E-state index contributed by atoms with van der Waals surface area (Å²) in [5.74, 6) is 0. The van der Waals surface area contributed by atoms with E-state index in [-0.39, 0.29) is 0 Å². The minimum absolute atomic E-state index is 0.410. The van der Waals surface area contributed by atoms with Crippen LogP contribution in [0.25, 0.3) is 0 Å². The molecule has 0 aliphatic heterocycles. The van der Waals surface area contributed by atoms with Crippen LogP contribution in [0.4, 0.5) is 5.69 Å². The average Bonchev–Trinajstić information content (AvgIpc) is 2.30. The van der Waals surface area contributed by atoms with Crippen molar-refractivity contribution < 1.29 is 0 Å². The first-order valence-electron chi connectivity index (χ1n) is 5.18. The number of aromatic nitrogens is 3. The van der Waals surface area contributed by atoms with Gasteiger partial charge in [0, 0.05) is 17.6 Å². The predicted octanol–water partition coefficient (Wildman–Crippen LogP) is 0.510. The Morgan fingerprint density at radius 3 is 2.83 bits per heavy atom. The number of anilines is 1. The molecule has 18 heavy (non-hydrogen) atoms. The molecule has 1 aromatic heterocycles. The largest absolute Gasteiger partial charge is 0.399 e. The minimum atomic E-state index is -0.794. The molecule has 0 radical (unpaired) electrons. The molecule has 0 saturated heterocycles. The summed E-state index contributed by atoms with van der Waals surface area (Å²) in [6, 6.07) is 5.50. The van der Waals surface area contributed by atoms with Crippen LogP contribution in [0.2, 0.25) is 0 Å². The van der Waals surface area contributed by atoms with E-state index in [4.69, 9.17) is 5.73 Å². The summed E-state index contributed by atoms with van der Waals surface area (Å²) in [5, 5.41) is 2.81. The maximum Gasteiger partial charge on any atom is 0.339 e. The quantitative estimate of drug-likeness (QED) is 0.609. The highest BCUT2D eigenvalue weighted by Crippen LogP contribution is 2.28. The molecule has 0 aliphatic rings. The molecule has 0 unspecified atom stereocenters. The molecule has 0 fully saturated rings. The average molecular weight is 264 g/mol. The number of aryl methyl sites for hydroxylation is 2. The van der Waals surface area contributed by atoms with Gasteiger partial charge in [-0.25, -0.2) is 0 Å². The molecule has 1 heterocycles. The van der Waals surface area contributed by atoms with Gasteiger partial charge in [0.05, 0.1) is 0 Å². The van der Waals surface area contributed by atoms with Crippen molar-refractivity contribution in [3.05, 3.63) is 44.5 Å². The second kappa shape index (κ2) is 4.69. The normalized spacial score (nSPS) is 10.6. The molecule has 0 saturated carbocycles. The smallest absolute Gasteiger partial charge is 0.339 e. The highest BCUT2D eigenvalue weighted by molar-refractivity contribution is 7.99. The summed E-state index contributed by atoms with van der Waals surface area (Å²) in [6.07, 6.45) is 0. The van der Waals surface area contributed by atoms with Gasteiger partial charge in [0.1, 0.15) is 0 Å². The maximum absolute atomic E-state index is 11.2. The Bertz CT molecular complexity index is 705. The van der Waals surface area contributed by atoms with Crippen LogP contribution in [0.5, 0.6) is 0 Å². The molecule has 1 aromatic carbocycles. The number of nitrogens with one attached hydrogen (secondary N) is 1. The van der Waals surface area contributed by atoms with Gasteiger partial charge in [-0.3, -0.25) is 19.4 Å². The molecule has 2 aromatic rings. The van der Waals surface area contributed by atoms with Crippen LogP contribution < -0.4 is 16.9 Å². The van der Waals surface area contributed by atoms with Gasteiger partial charge < -0.3 is 5.73 Å². The zero-order valence-corrected chi connectivity index (χ0v) is 10.7. The summed E-state index contributed by atoms with van der Waals surface area (Å²) in [7, 11) is 1.62. The van der Waals surface area contributed by atoms with Gasteiger partial charge in [-0.15, -0.1) is 0 Å². The van der Waals surface area contributed by atoms with Gasteiger partial charge in [-0.05, 0) is 36.4 Å². The van der Waals surface area contributed by atoms with E-state index in [9.17, 15) is 9.59 Å². The summed E-state index contributed by atoms with van der Waals surface area (Å²) in [6.45, 7) is 1.94. The third-order valence-electron chi connectivity index (χ3n) is 2.36. The fraction of sp³-hybridized carbons (Fsp3) is 0.182. The highest BCUT2D eigenvalue weighted by atomic mass is 32.2. The van der Waals surface area contributed by atoms with Gasteiger partial charge in [-0.2, -0.15) is 4.98 Å². The van der Waals surface area contributed by atoms with Crippen LogP contribution in [0.3, 0.4) is 0 Å². The van der Waals surface area contributed by atoms with Crippen LogP contribution in [0, 0.1) is 6.92 Å². The molecule has 2 rings (SSSR count). The first kappa shape index (κ1) is 12.4. The van der Waals surface area contributed by atoms with Crippen molar-refractivity contribution in [1.82, 2.24) is 14.8 Å². The molecule has 0 atom stereocenters. The number of nitrogen functional groups attached to an aromatic ring is 1. The van der Waals surface area contributed by atoms with Crippen molar-refractivity contribution in [3.63, 3.8) is 0 Å². The van der Waals surface area contributed by atoms with E-state index >= 15 is 0 Å². The maximum atomic E-state index is 11.2. The second-order valence-electron chi connectivity index (χ2n) is 3.83. The topological polar surface area (TPSA) is 93.8 Å². The number of rotatable bonds is 2. The van der Waals surface area contributed by atoms with Gasteiger partial charge in [0.15, 0.2) is 5.16 Å². The van der Waals surface area contributed by atoms with E-state index in [2.05, 4.69) is 10.1 Å². The molecule has 3 N–H and O–H groups in total. The number of H-pyrrole nitrogens is 1. The van der Waals surface area contributed by atoms with E-state index in [0.717, 1.165) is 10.5 Å². The zero-order valence-electron chi connectivity index (χ0n) is 9.93. The Balaban J connectivity index is 2.46. The molecule has 0 aliphatic carbocycles. The summed E-state index contributed by atoms with van der Waals surface area (Å²) < 4.78 is 1.41. The number of benzene rings is 1. The third kappa shape index (κ3) is 2.45. The van der Waals surface area contributed by atoms with Crippen molar-refractivity contribution in [2.75, 3.05) is 5.73 Å². The molecule has 0 spiro atoms. The lowest BCUT2D eigenvalue weighted by Gasteiger charge is -2.08. The second-order valence-corrected chi connectivity index (χ2v) is 4.84. The van der Waals surface area contributed by atoms with Crippen molar-refractivity contribution in [2.24, 2.45) is 7.05 Å². The predicted molar refractivity (Wildman–Crippen MR) is 69.8 cm³/mol. The van der Waals surface area contributed by atoms with Crippen LogP contribution in [0.15, 0.2) is 37.8 Å². The standard InChI is InChI=1S/C11H12N4O2S/c1-6-3-4-7(12)5-8(6)18-11-13-9(16)10(17)14-15(11)2/h3-5H,12H2,1-2H3,(H,14,17). The van der Waals surface area contributed by atoms with Gasteiger partial charge >= 0.3 is 11.1 Å². The van der Waals surface area contributed by atoms with Crippen LogP contribution in [0.1, 0.15) is 5.56 Å². The third-order valence-corrected chi connectivity index (χ3v) is 3.57. The SMILES string of the molecule is Cc1ccc(N)cc1Sc1nc(=O)c(=O)[nH]n1C. The van der Waals surface area contributed by atoms with E-state index in [0.29, 0.717) is 10.8 Å². The van der Waals surface area contributed by atoms with Crippen molar-refractivity contribution in [3.8, 4) is 0 Å². The van der Waals surface area contributed by atoms with Gasteiger partial charge in [0.2, 0.25) is 0 Å². The molecule has 0 amide bonds. The van der Waals surface area contributed by atoms with E-state index in [1.54, 1.807) is 19.2 Å². The highest BCUT2D eigenvalue weighted by Gasteiger charge is 2.08. The number of hydrogen-bond donors (Lipinski definition) is 2. The minimum Gasteiger partial charge on any atom is -0.399 e. The van der Waals surface area contributed by atoms with Crippen molar-refractivity contribution in [2.45, 2.75) is 17.0 Å². The lowest BCUT2D eigenvalue weighted by Crippen LogP contribution is -2.33. The molecule has 7 heteroatoms. The Morgan fingerprint density at radius 2 is 2.11 bits per heavy atom. The Hall–Kier alpha value is -2.02. The number of nitrogens with zero attached hydrogens (tertiary/aromatic N) is 2. The van der Waals surface area contributed by atoms with E-state index < -0.39 is 11.1 Å². The van der Waals surface area contributed by atoms with Crippen LogP contribution >= 0.6 is 11.8 Å². The lowest BCUT2D eigenvalue weighted by molar-refractivity contribution is 0.596. The molecular formula is C11H12N4O2S. The number of nitrogens with two attached hydrogens (primary N) is 1. The molecule has 6 nitrogen and oxygen atoms in total. The first-order valence-corrected chi connectivity index (χ1v) is 6.00. The lowest BCUT2D eigenvalue weighted by atomic mass is 10.2. The Morgan fingerprint density at radius 1 is 1.39 bits per heavy atom. The molecule has 94 valence electrons. The zero-order chi connectivity index (χ0) is 13.3. The van der Waals surface area contributed by atoms with Crippen LogP contribution in [-0.2, 0) is 7.05 Å². The number of aromatic amines is 1. The van der Waals surface area contributed by atoms with Crippen LogP contribution in [-0.4, -0.2) is 14.8 Å². The molecule has 0 bridgehead atoms. The first-order chi connectivity index (χ1) is 8.47. The summed E-state index contributed by atoms with van der Waals surface area (Å²) in [4.78, 5) is 26.9. The Kier molecular flexibility index (Phi) is 3.24. The molecular weight excluding hydrogens is 252 g/mol. The monoisotopic (exact) mass is 264 g/mol. The van der Waals surface area contributed by atoms with Gasteiger partial charge in [0.25, 0.3) is 0 Å². The summed E-state index contributed by atoms with van der Waals surface area (Å²) in [5.41, 5.74) is 5.85. The Labute approximate surface area is 107 Å². The van der Waals surface area contributed by atoms with Crippen molar-refractivity contribution >= 4 is 17.4 Å². The summed E-state index contributed by atoms with van der Waals surface area (Å²) >= 11 is 1.28. The fourth-order valence-corrected chi connectivity index (χ4v) is 2.31. The van der Waals surface area contributed by atoms with Gasteiger partial charge in [-0.1, -0.05) is 6.07 Å². The van der Waals surface area contributed by atoms with Crippen molar-refractivity contribution in [1.29, 1.82) is 0 Å².